The van der Waals surface area contributed by atoms with Gasteiger partial charge < -0.3 is 15.3 Å². The largest absolute Gasteiger partial charge is 0.393 e. The number of likely N-dealkylation sites (tertiary alicyclic amines) is 1. The second-order valence-corrected chi connectivity index (χ2v) is 7.42. The third-order valence-corrected chi connectivity index (χ3v) is 5.33. The number of carbonyl (C=O) groups excluding carboxylic acids is 2. The van der Waals surface area contributed by atoms with Gasteiger partial charge in [0.1, 0.15) is 0 Å². The van der Waals surface area contributed by atoms with Gasteiger partial charge in [-0.05, 0) is 51.4 Å². The Labute approximate surface area is 126 Å². The zero-order chi connectivity index (χ0) is 15.1. The highest BCUT2D eigenvalue weighted by atomic mass is 16.3. The molecule has 118 valence electrons. The minimum Gasteiger partial charge on any atom is -0.393 e. The predicted octanol–water partition coefficient (Wildman–Crippen LogP) is 0.766. The topological polar surface area (TPSA) is 69.6 Å². The van der Waals surface area contributed by atoms with Crippen LogP contribution < -0.4 is 5.32 Å². The van der Waals surface area contributed by atoms with Crippen molar-refractivity contribution in [2.75, 3.05) is 13.1 Å². The van der Waals surface area contributed by atoms with Gasteiger partial charge >= 0.3 is 0 Å². The number of rotatable bonds is 3. The molecule has 0 aromatic rings. The third-order valence-electron chi connectivity index (χ3n) is 5.33. The van der Waals surface area contributed by atoms with Gasteiger partial charge in [0.15, 0.2) is 0 Å². The lowest BCUT2D eigenvalue weighted by atomic mass is 9.81. The van der Waals surface area contributed by atoms with Crippen LogP contribution in [0.1, 0.15) is 39.5 Å². The molecule has 0 bridgehead atoms. The van der Waals surface area contributed by atoms with Crippen molar-refractivity contribution in [3.05, 3.63) is 0 Å². The Morgan fingerprint density at radius 3 is 2.10 bits per heavy atom. The van der Waals surface area contributed by atoms with Gasteiger partial charge in [-0.2, -0.15) is 0 Å². The zero-order valence-corrected chi connectivity index (χ0v) is 12.9. The smallest absolute Gasteiger partial charge is 0.225 e. The summed E-state index contributed by atoms with van der Waals surface area (Å²) in [7, 11) is 0. The molecule has 1 aliphatic heterocycles. The van der Waals surface area contributed by atoms with Crippen LogP contribution in [0.2, 0.25) is 0 Å². The fraction of sp³-hybridized carbons (Fsp3) is 0.875. The summed E-state index contributed by atoms with van der Waals surface area (Å²) in [5.74, 6) is 1.55. The van der Waals surface area contributed by atoms with Gasteiger partial charge in [0.2, 0.25) is 11.8 Å². The lowest BCUT2D eigenvalue weighted by Gasteiger charge is -2.33. The average molecular weight is 294 g/mol. The minimum absolute atomic E-state index is 0.0406. The minimum atomic E-state index is -0.273. The van der Waals surface area contributed by atoms with Crippen molar-refractivity contribution in [2.45, 2.75) is 51.7 Å². The fourth-order valence-electron chi connectivity index (χ4n) is 4.14. The number of nitrogens with one attached hydrogen (secondary N) is 1. The van der Waals surface area contributed by atoms with E-state index >= 15 is 0 Å². The Hall–Kier alpha value is -1.10. The molecule has 3 fully saturated rings. The van der Waals surface area contributed by atoms with E-state index in [4.69, 9.17) is 0 Å². The van der Waals surface area contributed by atoms with Crippen LogP contribution in [-0.4, -0.2) is 47.1 Å². The van der Waals surface area contributed by atoms with Crippen LogP contribution in [0.4, 0.5) is 0 Å². The maximum absolute atomic E-state index is 12.3. The van der Waals surface area contributed by atoms with Gasteiger partial charge in [-0.3, -0.25) is 9.59 Å². The summed E-state index contributed by atoms with van der Waals surface area (Å²) >= 11 is 0. The molecule has 0 aromatic carbocycles. The van der Waals surface area contributed by atoms with Crippen LogP contribution in [0.5, 0.6) is 0 Å². The van der Waals surface area contributed by atoms with Crippen molar-refractivity contribution < 1.29 is 14.7 Å². The van der Waals surface area contributed by atoms with Gasteiger partial charge in [-0.25, -0.2) is 0 Å². The highest BCUT2D eigenvalue weighted by molar-refractivity contribution is 5.81. The van der Waals surface area contributed by atoms with Crippen molar-refractivity contribution >= 4 is 11.8 Å². The van der Waals surface area contributed by atoms with E-state index in [9.17, 15) is 14.7 Å². The Balaban J connectivity index is 1.50. The predicted molar refractivity (Wildman–Crippen MR) is 78.3 cm³/mol. The van der Waals surface area contributed by atoms with E-state index in [1.54, 1.807) is 0 Å². The molecule has 3 atom stereocenters. The van der Waals surface area contributed by atoms with E-state index in [1.165, 1.54) is 0 Å². The maximum Gasteiger partial charge on any atom is 0.225 e. The molecule has 21 heavy (non-hydrogen) atoms. The first kappa shape index (κ1) is 14.8. The zero-order valence-electron chi connectivity index (χ0n) is 12.9. The molecule has 2 saturated carbocycles. The monoisotopic (exact) mass is 294 g/mol. The first-order valence-corrected chi connectivity index (χ1v) is 8.21. The Bertz CT molecular complexity index is 417. The van der Waals surface area contributed by atoms with E-state index in [0.29, 0.717) is 24.7 Å². The van der Waals surface area contributed by atoms with E-state index in [-0.39, 0.29) is 35.8 Å². The molecule has 0 aromatic heterocycles. The van der Waals surface area contributed by atoms with Crippen molar-refractivity contribution in [3.63, 3.8) is 0 Å². The van der Waals surface area contributed by atoms with Gasteiger partial charge in [-0.15, -0.1) is 0 Å². The molecular formula is C16H26N2O3. The molecule has 2 aliphatic carbocycles. The number of fused-ring (bicyclic) bond motifs is 1. The molecule has 1 heterocycles. The lowest BCUT2D eigenvalue weighted by Crippen LogP contribution is -2.43. The molecule has 5 heteroatoms. The van der Waals surface area contributed by atoms with Crippen molar-refractivity contribution in [1.82, 2.24) is 10.2 Å². The molecule has 0 radical (unpaired) electrons. The normalized spacial score (nSPS) is 38.3. The third kappa shape index (κ3) is 2.93. The number of aliphatic hydroxyl groups is 1. The quantitative estimate of drug-likeness (QED) is 0.807. The second-order valence-electron chi connectivity index (χ2n) is 7.42. The summed E-state index contributed by atoms with van der Waals surface area (Å²) in [5.41, 5.74) is 0. The second kappa shape index (κ2) is 5.59. The average Bonchev–Trinajstić information content (AvgIpc) is 2.91. The standard InChI is InChI=1S/C16H26N2O3/c1-9(2)17-15(20)10-3-12-7-18(8-13(12)4-10)16(21)11-5-14(19)6-11/h9-14,19H,3-8H2,1-2H3,(H,17,20)/t10?,11?,12-,13+,14?. The Morgan fingerprint density at radius 2 is 1.62 bits per heavy atom. The first-order chi connectivity index (χ1) is 9.94. The molecular weight excluding hydrogens is 268 g/mol. The molecule has 3 aliphatic rings. The molecule has 3 rings (SSSR count). The fourth-order valence-corrected chi connectivity index (χ4v) is 4.14. The highest BCUT2D eigenvalue weighted by Crippen LogP contribution is 2.43. The molecule has 1 unspecified atom stereocenters. The van der Waals surface area contributed by atoms with E-state index in [0.717, 1.165) is 25.9 Å². The number of hydrogen-bond donors (Lipinski definition) is 2. The van der Waals surface area contributed by atoms with Gasteiger partial charge in [0.05, 0.1) is 6.10 Å². The molecule has 5 nitrogen and oxygen atoms in total. The van der Waals surface area contributed by atoms with E-state index < -0.39 is 0 Å². The highest BCUT2D eigenvalue weighted by Gasteiger charge is 2.46. The van der Waals surface area contributed by atoms with Crippen LogP contribution in [0, 0.1) is 23.7 Å². The number of hydrogen-bond acceptors (Lipinski definition) is 3. The molecule has 1 saturated heterocycles. The van der Waals surface area contributed by atoms with Gasteiger partial charge in [0, 0.05) is 31.0 Å². The van der Waals surface area contributed by atoms with Gasteiger partial charge in [0.25, 0.3) is 0 Å². The number of nitrogens with zero attached hydrogens (tertiary/aromatic N) is 1. The number of carbonyl (C=O) groups is 2. The summed E-state index contributed by atoms with van der Waals surface area (Å²) in [4.78, 5) is 26.4. The summed E-state index contributed by atoms with van der Waals surface area (Å²) in [6, 6.07) is 0.195. The van der Waals surface area contributed by atoms with Gasteiger partial charge in [-0.1, -0.05) is 0 Å². The van der Waals surface area contributed by atoms with Crippen LogP contribution in [-0.2, 0) is 9.59 Å². The molecule has 0 spiro atoms. The van der Waals surface area contributed by atoms with Crippen molar-refractivity contribution in [3.8, 4) is 0 Å². The first-order valence-electron chi connectivity index (χ1n) is 8.21. The van der Waals surface area contributed by atoms with E-state index in [2.05, 4.69) is 5.32 Å². The SMILES string of the molecule is CC(C)NC(=O)C1C[C@@H]2CN(C(=O)C3CC(O)C3)C[C@@H]2C1. The van der Waals surface area contributed by atoms with Crippen LogP contribution in [0.3, 0.4) is 0 Å². The van der Waals surface area contributed by atoms with Crippen LogP contribution in [0.25, 0.3) is 0 Å². The maximum atomic E-state index is 12.3. The summed E-state index contributed by atoms with van der Waals surface area (Å²) in [6.07, 6.45) is 2.82. The Morgan fingerprint density at radius 1 is 1.05 bits per heavy atom. The van der Waals surface area contributed by atoms with Crippen molar-refractivity contribution in [2.24, 2.45) is 23.7 Å². The summed E-state index contributed by atoms with van der Waals surface area (Å²) in [5, 5.41) is 12.3. The number of amides is 2. The van der Waals surface area contributed by atoms with Crippen molar-refractivity contribution in [1.29, 1.82) is 0 Å². The van der Waals surface area contributed by atoms with Crippen LogP contribution in [0.15, 0.2) is 0 Å². The lowest BCUT2D eigenvalue weighted by molar-refractivity contribution is -0.141. The number of aliphatic hydroxyl groups excluding tert-OH is 1. The summed E-state index contributed by atoms with van der Waals surface area (Å²) in [6.45, 7) is 5.59. The van der Waals surface area contributed by atoms with Crippen LogP contribution >= 0.6 is 0 Å². The molecule has 2 amide bonds. The summed E-state index contributed by atoms with van der Waals surface area (Å²) < 4.78 is 0. The Kier molecular flexibility index (Phi) is 3.95. The molecule has 2 N–H and O–H groups in total. The van der Waals surface area contributed by atoms with E-state index in [1.807, 2.05) is 18.7 Å².